The molecule has 2 aromatic rings. The molecular weight excluding hydrogens is 382 g/mol. The van der Waals surface area contributed by atoms with Gasteiger partial charge in [0, 0.05) is 31.0 Å². The van der Waals surface area contributed by atoms with Crippen LogP contribution in [-0.4, -0.2) is 54.1 Å². The predicted octanol–water partition coefficient (Wildman–Crippen LogP) is 2.14. The monoisotopic (exact) mass is 407 g/mol. The van der Waals surface area contributed by atoms with Crippen molar-refractivity contribution in [3.63, 3.8) is 0 Å². The highest BCUT2D eigenvalue weighted by molar-refractivity contribution is 6.11. The molecule has 156 valence electrons. The molecule has 0 radical (unpaired) electrons. The van der Waals surface area contributed by atoms with Crippen LogP contribution in [0.1, 0.15) is 33.7 Å². The molecule has 0 aliphatic carbocycles. The highest BCUT2D eigenvalue weighted by Gasteiger charge is 2.31. The number of rotatable bonds is 5. The third-order valence-corrected chi connectivity index (χ3v) is 5.62. The molecule has 8 nitrogen and oxygen atoms in total. The quantitative estimate of drug-likeness (QED) is 0.791. The third-order valence-electron chi connectivity index (χ3n) is 5.62. The molecule has 1 aromatic carbocycles. The third kappa shape index (κ3) is 3.95. The smallest absolute Gasteiger partial charge is 0.274 e. The first kappa shape index (κ1) is 20.1. The number of nitrogens with zero attached hydrogens (tertiary/aromatic N) is 3. The van der Waals surface area contributed by atoms with Crippen LogP contribution in [-0.2, 0) is 22.5 Å². The average Bonchev–Trinajstić information content (AvgIpc) is 3.30. The van der Waals surface area contributed by atoms with Crippen LogP contribution < -0.4 is 10.6 Å². The number of benzene rings is 1. The van der Waals surface area contributed by atoms with Gasteiger partial charge in [0.15, 0.2) is 0 Å². The van der Waals surface area contributed by atoms with Gasteiger partial charge in [-0.15, -0.1) is 0 Å². The Kier molecular flexibility index (Phi) is 5.84. The lowest BCUT2D eigenvalue weighted by Gasteiger charge is -2.25. The van der Waals surface area contributed by atoms with Gasteiger partial charge >= 0.3 is 0 Å². The number of nitriles is 1. The summed E-state index contributed by atoms with van der Waals surface area (Å²) in [5, 5.41) is 15.6. The number of anilines is 2. The van der Waals surface area contributed by atoms with E-state index in [1.54, 1.807) is 0 Å². The lowest BCUT2D eigenvalue weighted by atomic mass is 10.1. The molecule has 1 fully saturated rings. The van der Waals surface area contributed by atoms with Gasteiger partial charge in [-0.2, -0.15) is 5.26 Å². The lowest BCUT2D eigenvalue weighted by molar-refractivity contribution is -0.118. The summed E-state index contributed by atoms with van der Waals surface area (Å²) in [4.78, 5) is 27.9. The Morgan fingerprint density at radius 3 is 2.67 bits per heavy atom. The van der Waals surface area contributed by atoms with Gasteiger partial charge in [0.2, 0.25) is 5.91 Å². The standard InChI is InChI=1S/C22H25N5O3/c1-15-5-2-3-6-17(15)24-22(29)21-20(16(13-23)18-7-4-8-27(18)21)25-19(28)14-26-9-11-30-12-10-26/h2-3,5-6H,4,7-12,14H2,1H3,(H,24,29)(H,25,28). The van der Waals surface area contributed by atoms with E-state index in [1.165, 1.54) is 0 Å². The van der Waals surface area contributed by atoms with Gasteiger partial charge in [-0.3, -0.25) is 14.5 Å². The molecule has 2 aliphatic heterocycles. The number of carbonyl (C=O) groups excluding carboxylic acids is 2. The summed E-state index contributed by atoms with van der Waals surface area (Å²) >= 11 is 0. The number of aryl methyl sites for hydroxylation is 1. The zero-order valence-corrected chi connectivity index (χ0v) is 17.0. The van der Waals surface area contributed by atoms with Crippen molar-refractivity contribution in [2.45, 2.75) is 26.3 Å². The fraction of sp³-hybridized carbons (Fsp3) is 0.409. The van der Waals surface area contributed by atoms with Crippen LogP contribution in [0.25, 0.3) is 0 Å². The van der Waals surface area contributed by atoms with Crippen molar-refractivity contribution in [2.75, 3.05) is 43.5 Å². The second-order valence-electron chi connectivity index (χ2n) is 7.62. The molecule has 0 saturated carbocycles. The zero-order chi connectivity index (χ0) is 21.1. The molecular formula is C22H25N5O3. The van der Waals surface area contributed by atoms with E-state index in [4.69, 9.17) is 4.74 Å². The van der Waals surface area contributed by atoms with E-state index in [9.17, 15) is 14.9 Å². The fourth-order valence-electron chi connectivity index (χ4n) is 4.09. The normalized spacial score (nSPS) is 16.0. The van der Waals surface area contributed by atoms with Crippen molar-refractivity contribution in [3.05, 3.63) is 46.8 Å². The average molecular weight is 407 g/mol. The van der Waals surface area contributed by atoms with E-state index in [0.29, 0.717) is 61.9 Å². The van der Waals surface area contributed by atoms with Crippen LogP contribution in [0.2, 0.25) is 0 Å². The Morgan fingerprint density at radius 2 is 1.93 bits per heavy atom. The number of aromatic nitrogens is 1. The summed E-state index contributed by atoms with van der Waals surface area (Å²) < 4.78 is 7.19. The Labute approximate surface area is 175 Å². The first-order valence-corrected chi connectivity index (χ1v) is 10.2. The maximum absolute atomic E-state index is 13.2. The number of para-hydroxylation sites is 1. The highest BCUT2D eigenvalue weighted by Crippen LogP contribution is 2.33. The second kappa shape index (κ2) is 8.69. The largest absolute Gasteiger partial charge is 0.379 e. The van der Waals surface area contributed by atoms with Gasteiger partial charge < -0.3 is 19.9 Å². The molecule has 1 aromatic heterocycles. The molecule has 3 heterocycles. The number of hydrogen-bond donors (Lipinski definition) is 2. The number of morpholine rings is 1. The molecule has 1 saturated heterocycles. The Hall–Kier alpha value is -3.15. The van der Waals surface area contributed by atoms with Crippen molar-refractivity contribution < 1.29 is 14.3 Å². The van der Waals surface area contributed by atoms with Gasteiger partial charge in [0.05, 0.1) is 31.0 Å². The minimum atomic E-state index is -0.323. The van der Waals surface area contributed by atoms with E-state index >= 15 is 0 Å². The van der Waals surface area contributed by atoms with Crippen molar-refractivity contribution >= 4 is 23.2 Å². The van der Waals surface area contributed by atoms with Crippen molar-refractivity contribution in [1.29, 1.82) is 5.26 Å². The number of nitrogens with one attached hydrogen (secondary N) is 2. The summed E-state index contributed by atoms with van der Waals surface area (Å²) in [5.74, 6) is -0.557. The first-order valence-electron chi connectivity index (χ1n) is 10.2. The molecule has 30 heavy (non-hydrogen) atoms. The minimum absolute atomic E-state index is 0.202. The first-order chi connectivity index (χ1) is 14.6. The fourth-order valence-corrected chi connectivity index (χ4v) is 4.09. The van der Waals surface area contributed by atoms with Gasteiger partial charge in [0.25, 0.3) is 5.91 Å². The van der Waals surface area contributed by atoms with Crippen molar-refractivity contribution in [2.24, 2.45) is 0 Å². The lowest BCUT2D eigenvalue weighted by Crippen LogP contribution is -2.41. The Bertz CT molecular complexity index is 1010. The van der Waals surface area contributed by atoms with Crippen molar-refractivity contribution in [3.8, 4) is 6.07 Å². The number of fused-ring (bicyclic) bond motifs is 1. The topological polar surface area (TPSA) is 99.4 Å². The van der Waals surface area contributed by atoms with Crippen LogP contribution in [0, 0.1) is 18.3 Å². The number of carbonyl (C=O) groups is 2. The molecule has 2 N–H and O–H groups in total. The van der Waals surface area contributed by atoms with E-state index in [0.717, 1.165) is 17.7 Å². The number of hydrogen-bond acceptors (Lipinski definition) is 5. The molecule has 8 heteroatoms. The molecule has 0 unspecified atom stereocenters. The van der Waals surface area contributed by atoms with Crippen LogP contribution in [0.4, 0.5) is 11.4 Å². The van der Waals surface area contributed by atoms with E-state index in [1.807, 2.05) is 40.7 Å². The van der Waals surface area contributed by atoms with Gasteiger partial charge in [-0.05, 0) is 31.4 Å². The summed E-state index contributed by atoms with van der Waals surface area (Å²) in [5.41, 5.74) is 3.51. The predicted molar refractivity (Wildman–Crippen MR) is 112 cm³/mol. The molecule has 0 bridgehead atoms. The summed E-state index contributed by atoms with van der Waals surface area (Å²) in [6.07, 6.45) is 1.59. The van der Waals surface area contributed by atoms with Gasteiger partial charge in [0.1, 0.15) is 11.8 Å². The van der Waals surface area contributed by atoms with Crippen LogP contribution in [0.5, 0.6) is 0 Å². The van der Waals surface area contributed by atoms with Crippen LogP contribution in [0.3, 0.4) is 0 Å². The SMILES string of the molecule is Cc1ccccc1NC(=O)c1c(NC(=O)CN2CCOCC2)c(C#N)c2n1CCC2. The van der Waals surface area contributed by atoms with E-state index in [-0.39, 0.29) is 18.4 Å². The zero-order valence-electron chi connectivity index (χ0n) is 17.0. The van der Waals surface area contributed by atoms with Crippen LogP contribution >= 0.6 is 0 Å². The minimum Gasteiger partial charge on any atom is -0.379 e. The molecule has 0 spiro atoms. The number of amides is 2. The Balaban J connectivity index is 1.62. The summed E-state index contributed by atoms with van der Waals surface area (Å²) in [6, 6.07) is 9.73. The summed E-state index contributed by atoms with van der Waals surface area (Å²) in [7, 11) is 0. The molecule has 2 amide bonds. The van der Waals surface area contributed by atoms with Crippen molar-refractivity contribution in [1.82, 2.24) is 9.47 Å². The number of ether oxygens (including phenoxy) is 1. The molecule has 4 rings (SSSR count). The van der Waals surface area contributed by atoms with Crippen LogP contribution in [0.15, 0.2) is 24.3 Å². The maximum Gasteiger partial charge on any atom is 0.274 e. The second-order valence-corrected chi connectivity index (χ2v) is 7.62. The van der Waals surface area contributed by atoms with Gasteiger partial charge in [-0.1, -0.05) is 18.2 Å². The summed E-state index contributed by atoms with van der Waals surface area (Å²) in [6.45, 7) is 5.34. The van der Waals surface area contributed by atoms with E-state index < -0.39 is 0 Å². The maximum atomic E-state index is 13.2. The van der Waals surface area contributed by atoms with Gasteiger partial charge in [-0.25, -0.2) is 0 Å². The molecule has 2 aliphatic rings. The highest BCUT2D eigenvalue weighted by atomic mass is 16.5. The van der Waals surface area contributed by atoms with E-state index in [2.05, 4.69) is 16.7 Å². The molecule has 0 atom stereocenters. The Morgan fingerprint density at radius 1 is 1.17 bits per heavy atom.